The number of hydroxylamine groups is 1. The van der Waals surface area contributed by atoms with Crippen molar-refractivity contribution in [2.24, 2.45) is 0 Å². The highest BCUT2D eigenvalue weighted by Gasteiger charge is 2.45. The fourth-order valence-electron chi connectivity index (χ4n) is 3.02. The Morgan fingerprint density at radius 3 is 2.61 bits per heavy atom. The van der Waals surface area contributed by atoms with Gasteiger partial charge < -0.3 is 5.32 Å². The summed E-state index contributed by atoms with van der Waals surface area (Å²) < 4.78 is 14.5. The molecule has 23 heavy (non-hydrogen) atoms. The van der Waals surface area contributed by atoms with Gasteiger partial charge in [0.25, 0.3) is 5.91 Å². The van der Waals surface area contributed by atoms with Crippen LogP contribution in [0.1, 0.15) is 36.0 Å². The molecule has 0 aliphatic heterocycles. The molecule has 0 radical (unpaired) electrons. The quantitative estimate of drug-likeness (QED) is 0.574. The van der Waals surface area contributed by atoms with Crippen molar-refractivity contribution < 1.29 is 18.7 Å². The SMILES string of the molecule is CC1(NCC2(c3ccccc3)CC2)CC=C(C(=O)NO)C=C1F.[HH].[HH].[HH]. The second-order valence-corrected chi connectivity index (χ2v) is 6.63. The molecule has 0 saturated heterocycles. The van der Waals surface area contributed by atoms with Crippen molar-refractivity contribution in [3.05, 3.63) is 59.4 Å². The second-order valence-electron chi connectivity index (χ2n) is 6.63. The third-order valence-electron chi connectivity index (χ3n) is 4.96. The minimum atomic E-state index is -0.816. The lowest BCUT2D eigenvalue weighted by atomic mass is 9.87. The molecular formula is C18H27FN2O2. The first kappa shape index (κ1) is 15.9. The number of carbonyl (C=O) groups excluding carboxylic acids is 1. The Kier molecular flexibility index (Phi) is 4.08. The van der Waals surface area contributed by atoms with Crippen LogP contribution in [0, 0.1) is 0 Å². The molecule has 1 fully saturated rings. The van der Waals surface area contributed by atoms with E-state index in [4.69, 9.17) is 5.21 Å². The van der Waals surface area contributed by atoms with E-state index in [9.17, 15) is 9.18 Å². The highest BCUT2D eigenvalue weighted by molar-refractivity contribution is 5.95. The molecule has 3 N–H and O–H groups in total. The molecule has 0 aromatic heterocycles. The molecule has 1 unspecified atom stereocenters. The zero-order valence-electron chi connectivity index (χ0n) is 13.1. The van der Waals surface area contributed by atoms with Gasteiger partial charge in [0.05, 0.1) is 5.54 Å². The largest absolute Gasteiger partial charge is 0.305 e. The lowest BCUT2D eigenvalue weighted by molar-refractivity contribution is -0.125. The van der Waals surface area contributed by atoms with Gasteiger partial charge in [-0.1, -0.05) is 36.4 Å². The molecule has 1 saturated carbocycles. The molecule has 0 spiro atoms. The predicted octanol–water partition coefficient (Wildman–Crippen LogP) is 3.49. The Morgan fingerprint density at radius 1 is 1.35 bits per heavy atom. The minimum absolute atomic E-state index is 0. The van der Waals surface area contributed by atoms with Crippen molar-refractivity contribution in [3.63, 3.8) is 0 Å². The Bertz CT molecular complexity index is 678. The first-order valence-corrected chi connectivity index (χ1v) is 7.82. The molecular weight excluding hydrogens is 295 g/mol. The van der Waals surface area contributed by atoms with Gasteiger partial charge in [-0.3, -0.25) is 10.0 Å². The Balaban J connectivity index is 0.00000208. The first-order valence-electron chi connectivity index (χ1n) is 7.82. The van der Waals surface area contributed by atoms with Crippen LogP contribution in [0.25, 0.3) is 0 Å². The monoisotopic (exact) mass is 322 g/mol. The average molecular weight is 322 g/mol. The molecule has 1 amide bonds. The summed E-state index contributed by atoms with van der Waals surface area (Å²) in [6, 6.07) is 10.3. The summed E-state index contributed by atoms with van der Waals surface area (Å²) >= 11 is 0. The predicted molar refractivity (Wildman–Crippen MR) is 91.9 cm³/mol. The average Bonchev–Trinajstić information content (AvgIpc) is 3.37. The van der Waals surface area contributed by atoms with Crippen molar-refractivity contribution in [1.29, 1.82) is 0 Å². The lowest BCUT2D eigenvalue weighted by Gasteiger charge is -2.33. The molecule has 0 bridgehead atoms. The van der Waals surface area contributed by atoms with Gasteiger partial charge in [-0.05, 0) is 37.8 Å². The van der Waals surface area contributed by atoms with Crippen LogP contribution in [-0.4, -0.2) is 23.2 Å². The van der Waals surface area contributed by atoms with E-state index in [0.717, 1.165) is 12.8 Å². The number of rotatable bonds is 5. The van der Waals surface area contributed by atoms with Gasteiger partial charge in [-0.2, -0.15) is 0 Å². The van der Waals surface area contributed by atoms with E-state index in [-0.39, 0.29) is 21.1 Å². The molecule has 4 nitrogen and oxygen atoms in total. The van der Waals surface area contributed by atoms with Crippen LogP contribution in [0.5, 0.6) is 0 Å². The fraction of sp³-hybridized carbons (Fsp3) is 0.389. The lowest BCUT2D eigenvalue weighted by Crippen LogP contribution is -2.47. The molecule has 2 aliphatic carbocycles. The third kappa shape index (κ3) is 3.07. The summed E-state index contributed by atoms with van der Waals surface area (Å²) in [6.07, 6.45) is 5.38. The molecule has 3 rings (SSSR count). The molecule has 0 heterocycles. The summed E-state index contributed by atoms with van der Waals surface area (Å²) in [4.78, 5) is 11.4. The molecule has 2 aliphatic rings. The van der Waals surface area contributed by atoms with E-state index < -0.39 is 11.4 Å². The van der Waals surface area contributed by atoms with E-state index in [1.54, 1.807) is 13.0 Å². The van der Waals surface area contributed by atoms with E-state index in [1.165, 1.54) is 17.1 Å². The Morgan fingerprint density at radius 2 is 2.04 bits per heavy atom. The highest BCUT2D eigenvalue weighted by atomic mass is 19.1. The Labute approximate surface area is 139 Å². The van der Waals surface area contributed by atoms with Crippen LogP contribution >= 0.6 is 0 Å². The van der Waals surface area contributed by atoms with Crippen LogP contribution in [0.4, 0.5) is 4.39 Å². The van der Waals surface area contributed by atoms with Crippen LogP contribution in [-0.2, 0) is 10.2 Å². The van der Waals surface area contributed by atoms with Crippen LogP contribution in [0.2, 0.25) is 0 Å². The maximum absolute atomic E-state index is 14.5. The summed E-state index contributed by atoms with van der Waals surface area (Å²) in [7, 11) is 0. The van der Waals surface area contributed by atoms with Crippen molar-refractivity contribution in [2.45, 2.75) is 37.1 Å². The van der Waals surface area contributed by atoms with E-state index in [2.05, 4.69) is 17.4 Å². The van der Waals surface area contributed by atoms with Gasteiger partial charge in [-0.25, -0.2) is 9.87 Å². The number of hydrogen-bond acceptors (Lipinski definition) is 3. The zero-order valence-corrected chi connectivity index (χ0v) is 13.1. The molecule has 5 heteroatoms. The number of nitrogens with one attached hydrogen (secondary N) is 2. The third-order valence-corrected chi connectivity index (χ3v) is 4.96. The molecule has 128 valence electrons. The smallest absolute Gasteiger partial charge is 0.274 e. The molecule has 1 atom stereocenters. The van der Waals surface area contributed by atoms with Crippen LogP contribution in [0.15, 0.2) is 53.9 Å². The molecule has 1 aromatic carbocycles. The normalized spacial score (nSPS) is 25.3. The van der Waals surface area contributed by atoms with E-state index >= 15 is 0 Å². The topological polar surface area (TPSA) is 61.4 Å². The zero-order chi connectivity index (χ0) is 16.5. The number of carbonyl (C=O) groups is 1. The number of amides is 1. The number of halogens is 1. The van der Waals surface area contributed by atoms with Gasteiger partial charge in [0.1, 0.15) is 5.83 Å². The van der Waals surface area contributed by atoms with Gasteiger partial charge in [0.15, 0.2) is 0 Å². The summed E-state index contributed by atoms with van der Waals surface area (Å²) in [5, 5.41) is 12.0. The van der Waals surface area contributed by atoms with Crippen molar-refractivity contribution >= 4 is 5.91 Å². The fourth-order valence-corrected chi connectivity index (χ4v) is 3.02. The standard InChI is InChI=1S/C18H21FN2O2.3H2/c1-17(8-7-13(11-15(17)19)16(22)21-23)20-12-18(9-10-18)14-5-3-2-4-6-14;;;/h2-7,11,20,23H,8-10,12H2,1H3,(H,21,22);3*1H. The summed E-state index contributed by atoms with van der Waals surface area (Å²) in [5.41, 5.74) is 2.24. The van der Waals surface area contributed by atoms with E-state index in [1.807, 2.05) is 18.2 Å². The second kappa shape index (κ2) is 5.91. The van der Waals surface area contributed by atoms with Crippen molar-refractivity contribution in [2.75, 3.05) is 6.54 Å². The maximum atomic E-state index is 14.5. The number of hydrogen-bond donors (Lipinski definition) is 3. The van der Waals surface area contributed by atoms with Gasteiger partial charge in [0, 0.05) is 21.8 Å². The van der Waals surface area contributed by atoms with Crippen molar-refractivity contribution in [1.82, 2.24) is 10.8 Å². The van der Waals surface area contributed by atoms with Crippen LogP contribution in [0.3, 0.4) is 0 Å². The van der Waals surface area contributed by atoms with E-state index in [0.29, 0.717) is 13.0 Å². The van der Waals surface area contributed by atoms with Crippen molar-refractivity contribution in [3.8, 4) is 0 Å². The maximum Gasteiger partial charge on any atom is 0.274 e. The molecule has 1 aromatic rings. The Hall–Kier alpha value is -1.98. The summed E-state index contributed by atoms with van der Waals surface area (Å²) in [5.74, 6) is -1.08. The minimum Gasteiger partial charge on any atom is -0.305 e. The van der Waals surface area contributed by atoms with Gasteiger partial charge in [-0.15, -0.1) is 0 Å². The highest BCUT2D eigenvalue weighted by Crippen LogP contribution is 2.48. The van der Waals surface area contributed by atoms with Gasteiger partial charge in [0.2, 0.25) is 0 Å². The number of benzene rings is 1. The summed E-state index contributed by atoms with van der Waals surface area (Å²) in [6.45, 7) is 2.49. The van der Waals surface area contributed by atoms with Gasteiger partial charge >= 0.3 is 0 Å². The van der Waals surface area contributed by atoms with Crippen LogP contribution < -0.4 is 10.8 Å². The first-order chi connectivity index (χ1) is 11.0.